The minimum absolute atomic E-state index is 0.239. The molecular weight excluding hydrogens is 457 g/mol. The number of anilines is 1. The predicted molar refractivity (Wildman–Crippen MR) is 124 cm³/mol. The van der Waals surface area contributed by atoms with E-state index >= 15 is 0 Å². The largest absolute Gasteiger partial charge is 0.379 e. The number of nitrogens with one attached hydrogen (secondary N) is 1. The molecular formula is C25H20FN3O4S. The topological polar surface area (TPSA) is 112 Å². The van der Waals surface area contributed by atoms with Crippen molar-refractivity contribution in [3.63, 3.8) is 0 Å². The van der Waals surface area contributed by atoms with Crippen LogP contribution in [0.5, 0.6) is 0 Å². The van der Waals surface area contributed by atoms with E-state index in [2.05, 4.69) is 10.2 Å². The first-order valence-electron chi connectivity index (χ1n) is 10.1. The lowest BCUT2D eigenvalue weighted by Crippen LogP contribution is -2.50. The first kappa shape index (κ1) is 24.6. The third-order valence-electron chi connectivity index (χ3n) is 5.18. The van der Waals surface area contributed by atoms with Gasteiger partial charge in [-0.3, -0.25) is 4.79 Å². The molecule has 0 radical (unpaired) electrons. The molecule has 2 N–H and O–H groups in total. The number of aryl methyl sites for hydroxylation is 1. The number of carbonyl (C=O) groups excluding carboxylic acids is 1. The summed E-state index contributed by atoms with van der Waals surface area (Å²) in [5.41, 5.74) is -0.315. The fourth-order valence-electron chi connectivity index (χ4n) is 3.38. The molecule has 9 heteroatoms. The van der Waals surface area contributed by atoms with E-state index in [1.807, 2.05) is 6.07 Å². The van der Waals surface area contributed by atoms with E-state index in [0.717, 1.165) is 24.3 Å². The van der Waals surface area contributed by atoms with E-state index in [1.54, 1.807) is 13.0 Å². The Morgan fingerprint density at radius 3 is 2.35 bits per heavy atom. The summed E-state index contributed by atoms with van der Waals surface area (Å²) in [4.78, 5) is 16.3. The summed E-state index contributed by atoms with van der Waals surface area (Å²) < 4.78 is 39.3. The number of benzene rings is 3. The van der Waals surface area contributed by atoms with Gasteiger partial charge < -0.3 is 10.4 Å². The molecule has 0 fully saturated rings. The van der Waals surface area contributed by atoms with Crippen LogP contribution in [0.1, 0.15) is 16.7 Å². The molecule has 0 aliphatic carbocycles. The number of nitrogens with zero attached hydrogens (tertiary/aromatic N) is 2. The van der Waals surface area contributed by atoms with Crippen LogP contribution in [0.4, 0.5) is 15.8 Å². The smallest absolute Gasteiger partial charge is 0.257 e. The Morgan fingerprint density at radius 1 is 1.15 bits per heavy atom. The molecule has 3 aromatic rings. The van der Waals surface area contributed by atoms with Crippen LogP contribution in [0.15, 0.2) is 71.6 Å². The Kier molecular flexibility index (Phi) is 7.11. The Labute approximate surface area is 196 Å². The first-order chi connectivity index (χ1) is 16.1. The third-order valence-corrected chi connectivity index (χ3v) is 7.03. The SMILES string of the molecule is [C-]#[N+]c1ccc(NC(=O)[C@](O)(Cc2ccc(C#N)cc2)CS(=O)(=O)c2ccc(F)cc2)cc1C. The average molecular weight is 478 g/mol. The number of aliphatic hydroxyl groups is 1. The van der Waals surface area contributed by atoms with Crippen molar-refractivity contribution in [3.05, 3.63) is 101 Å². The molecule has 0 aliphatic rings. The predicted octanol–water partition coefficient (Wildman–Crippen LogP) is 3.94. The minimum atomic E-state index is -4.19. The molecule has 0 saturated carbocycles. The highest BCUT2D eigenvalue weighted by Gasteiger charge is 2.41. The quantitative estimate of drug-likeness (QED) is 0.395. The Balaban J connectivity index is 1.96. The molecule has 1 amide bonds. The molecule has 0 aliphatic heterocycles. The number of nitriles is 1. The number of rotatable bonds is 7. The Morgan fingerprint density at radius 2 is 1.79 bits per heavy atom. The van der Waals surface area contributed by atoms with Gasteiger partial charge in [0.1, 0.15) is 5.82 Å². The van der Waals surface area contributed by atoms with Crippen LogP contribution >= 0.6 is 0 Å². The number of carbonyl (C=O) groups is 1. The van der Waals surface area contributed by atoms with Crippen LogP contribution in [0.2, 0.25) is 0 Å². The highest BCUT2D eigenvalue weighted by molar-refractivity contribution is 7.91. The highest BCUT2D eigenvalue weighted by Crippen LogP contribution is 2.26. The maximum absolute atomic E-state index is 13.3. The van der Waals surface area contributed by atoms with Crippen molar-refractivity contribution < 1.29 is 22.7 Å². The van der Waals surface area contributed by atoms with Gasteiger partial charge in [0.15, 0.2) is 21.1 Å². The number of sulfone groups is 1. The van der Waals surface area contributed by atoms with E-state index in [-0.39, 0.29) is 17.0 Å². The van der Waals surface area contributed by atoms with Crippen molar-refractivity contribution in [3.8, 4) is 6.07 Å². The van der Waals surface area contributed by atoms with Crippen LogP contribution in [0.3, 0.4) is 0 Å². The molecule has 0 spiro atoms. The van der Waals surface area contributed by atoms with E-state index < -0.39 is 32.9 Å². The minimum Gasteiger partial charge on any atom is -0.379 e. The van der Waals surface area contributed by atoms with Gasteiger partial charge in [-0.25, -0.2) is 17.7 Å². The van der Waals surface area contributed by atoms with Crippen molar-refractivity contribution in [2.24, 2.45) is 0 Å². The van der Waals surface area contributed by atoms with Crippen molar-refractivity contribution in [2.75, 3.05) is 11.1 Å². The molecule has 0 bridgehead atoms. The summed E-state index contributed by atoms with van der Waals surface area (Å²) in [6, 6.07) is 16.6. The molecule has 7 nitrogen and oxygen atoms in total. The molecule has 34 heavy (non-hydrogen) atoms. The molecule has 0 heterocycles. The average Bonchev–Trinajstić information content (AvgIpc) is 2.79. The van der Waals surface area contributed by atoms with E-state index in [9.17, 15) is 22.7 Å². The second-order valence-corrected chi connectivity index (χ2v) is 9.79. The zero-order valence-electron chi connectivity index (χ0n) is 18.1. The lowest BCUT2D eigenvalue weighted by atomic mass is 9.94. The highest BCUT2D eigenvalue weighted by atomic mass is 32.2. The van der Waals surface area contributed by atoms with Gasteiger partial charge in [-0.2, -0.15) is 5.26 Å². The summed E-state index contributed by atoms with van der Waals surface area (Å²) in [5.74, 6) is -2.54. The van der Waals surface area contributed by atoms with Gasteiger partial charge in [-0.1, -0.05) is 18.2 Å². The van der Waals surface area contributed by atoms with E-state index in [1.165, 1.54) is 36.4 Å². The summed E-state index contributed by atoms with van der Waals surface area (Å²) in [6.07, 6.45) is -0.357. The van der Waals surface area contributed by atoms with E-state index in [0.29, 0.717) is 22.4 Å². The summed E-state index contributed by atoms with van der Waals surface area (Å²) in [7, 11) is -4.19. The first-order valence-corrected chi connectivity index (χ1v) is 11.7. The fourth-order valence-corrected chi connectivity index (χ4v) is 4.96. The molecule has 0 saturated heterocycles. The summed E-state index contributed by atoms with van der Waals surface area (Å²) >= 11 is 0. The number of amides is 1. The molecule has 3 rings (SSSR count). The zero-order valence-corrected chi connectivity index (χ0v) is 18.9. The van der Waals surface area contributed by atoms with Gasteiger partial charge >= 0.3 is 0 Å². The lowest BCUT2D eigenvalue weighted by Gasteiger charge is -2.27. The second-order valence-electron chi connectivity index (χ2n) is 7.80. The maximum Gasteiger partial charge on any atom is 0.257 e. The van der Waals surface area contributed by atoms with Gasteiger partial charge in [-0.15, -0.1) is 0 Å². The molecule has 3 aromatic carbocycles. The van der Waals surface area contributed by atoms with Crippen molar-refractivity contribution in [1.29, 1.82) is 5.26 Å². The van der Waals surface area contributed by atoms with Crippen LogP contribution in [0.25, 0.3) is 4.85 Å². The van der Waals surface area contributed by atoms with Gasteiger partial charge in [0.05, 0.1) is 28.9 Å². The van der Waals surface area contributed by atoms with Gasteiger partial charge in [0, 0.05) is 12.1 Å². The zero-order chi connectivity index (χ0) is 24.9. The number of halogens is 1. The Bertz CT molecular complexity index is 1410. The van der Waals surface area contributed by atoms with Crippen molar-refractivity contribution in [2.45, 2.75) is 23.8 Å². The van der Waals surface area contributed by atoms with E-state index in [4.69, 9.17) is 11.8 Å². The van der Waals surface area contributed by atoms with Gasteiger partial charge in [-0.05, 0) is 66.6 Å². The molecule has 1 atom stereocenters. The summed E-state index contributed by atoms with van der Waals surface area (Å²) in [5, 5.41) is 22.9. The summed E-state index contributed by atoms with van der Waals surface area (Å²) in [6.45, 7) is 8.82. The fraction of sp³-hybridized carbons (Fsp3) is 0.160. The Hall–Kier alpha value is -4.05. The standard InChI is InChI=1S/C25H20FN3O4S/c1-17-13-21(9-12-23(17)28-2)29-24(30)25(31,14-18-3-5-19(15-27)6-4-18)16-34(32,33)22-10-7-20(26)8-11-22/h3-13,31H,14,16H2,1H3,(H,29,30)/t25-/m0/s1. The van der Waals surface area contributed by atoms with Crippen LogP contribution in [0, 0.1) is 30.6 Å². The molecule has 0 unspecified atom stereocenters. The van der Waals surface area contributed by atoms with Gasteiger partial charge in [0.25, 0.3) is 5.91 Å². The monoisotopic (exact) mass is 477 g/mol. The number of hydrogen-bond donors (Lipinski definition) is 2. The van der Waals surface area contributed by atoms with Crippen molar-refractivity contribution in [1.82, 2.24) is 0 Å². The van der Waals surface area contributed by atoms with Crippen LogP contribution in [-0.4, -0.2) is 30.8 Å². The van der Waals surface area contributed by atoms with Crippen LogP contribution in [-0.2, 0) is 21.1 Å². The molecule has 0 aromatic heterocycles. The normalized spacial score (nSPS) is 12.7. The second kappa shape index (κ2) is 9.84. The number of hydrogen-bond acceptors (Lipinski definition) is 5. The van der Waals surface area contributed by atoms with Gasteiger partial charge in [0.2, 0.25) is 0 Å². The molecule has 172 valence electrons. The van der Waals surface area contributed by atoms with Crippen molar-refractivity contribution >= 4 is 27.1 Å². The lowest BCUT2D eigenvalue weighted by molar-refractivity contribution is -0.131. The van der Waals surface area contributed by atoms with Crippen LogP contribution < -0.4 is 5.32 Å². The third kappa shape index (κ3) is 5.65. The maximum atomic E-state index is 13.3.